The molecule has 1 aliphatic rings. The number of aliphatic hydroxyl groups is 1. The van der Waals surface area contributed by atoms with Crippen LogP contribution in [-0.2, 0) is 11.3 Å². The van der Waals surface area contributed by atoms with Crippen molar-refractivity contribution in [3.63, 3.8) is 0 Å². The number of hydrogen-bond donors (Lipinski definition) is 2. The summed E-state index contributed by atoms with van der Waals surface area (Å²) in [4.78, 5) is 10.8. The molecule has 1 saturated heterocycles. The number of para-hydroxylation sites is 1. The molecule has 1 fully saturated rings. The molecule has 1 atom stereocenters. The zero-order valence-corrected chi connectivity index (χ0v) is 16.0. The summed E-state index contributed by atoms with van der Waals surface area (Å²) in [5.74, 6) is 1.56. The average molecular weight is 396 g/mol. The number of ether oxygens (including phenoxy) is 2. The molecule has 152 valence electrons. The Balaban J connectivity index is 1.32. The van der Waals surface area contributed by atoms with Gasteiger partial charge in [-0.2, -0.15) is 10.1 Å². The highest BCUT2D eigenvalue weighted by Gasteiger charge is 2.15. The largest absolute Gasteiger partial charge is 0.439 e. The predicted octanol–water partition coefficient (Wildman–Crippen LogP) is 1.90. The SMILES string of the molecule is OC(CN1CCOCC1)Cn1cc(Nc2nccc(Oc3ccccc3)n2)cn1. The third kappa shape index (κ3) is 5.74. The van der Waals surface area contributed by atoms with Crippen molar-refractivity contribution in [2.45, 2.75) is 12.6 Å². The van der Waals surface area contributed by atoms with Gasteiger partial charge in [0.05, 0.1) is 37.7 Å². The van der Waals surface area contributed by atoms with E-state index in [1.807, 2.05) is 36.5 Å². The van der Waals surface area contributed by atoms with Crippen LogP contribution >= 0.6 is 0 Å². The molecule has 0 amide bonds. The zero-order valence-electron chi connectivity index (χ0n) is 16.0. The standard InChI is InChI=1S/C20H24N6O3/c27-17(14-25-8-10-28-11-9-25)15-26-13-16(12-22-26)23-20-21-7-6-19(24-20)29-18-4-2-1-3-5-18/h1-7,12-13,17,27H,8-11,14-15H2,(H,21,23,24). The lowest BCUT2D eigenvalue weighted by atomic mass is 10.3. The lowest BCUT2D eigenvalue weighted by Crippen LogP contribution is -2.42. The van der Waals surface area contributed by atoms with Crippen LogP contribution in [0.1, 0.15) is 0 Å². The molecule has 3 heterocycles. The lowest BCUT2D eigenvalue weighted by molar-refractivity contribution is 0.0108. The van der Waals surface area contributed by atoms with Crippen molar-refractivity contribution < 1.29 is 14.6 Å². The Morgan fingerprint density at radius 1 is 1.14 bits per heavy atom. The van der Waals surface area contributed by atoms with E-state index in [1.165, 1.54) is 0 Å². The minimum Gasteiger partial charge on any atom is -0.439 e. The van der Waals surface area contributed by atoms with Crippen LogP contribution in [0.5, 0.6) is 11.6 Å². The summed E-state index contributed by atoms with van der Waals surface area (Å²) >= 11 is 0. The second kappa shape index (κ2) is 9.46. The topological polar surface area (TPSA) is 97.6 Å². The van der Waals surface area contributed by atoms with Crippen molar-refractivity contribution in [1.29, 1.82) is 0 Å². The number of nitrogens with zero attached hydrogens (tertiary/aromatic N) is 5. The number of aromatic nitrogens is 4. The van der Waals surface area contributed by atoms with E-state index in [2.05, 4.69) is 25.3 Å². The maximum atomic E-state index is 10.3. The van der Waals surface area contributed by atoms with Gasteiger partial charge < -0.3 is 19.9 Å². The van der Waals surface area contributed by atoms with Crippen molar-refractivity contribution in [2.24, 2.45) is 0 Å². The molecule has 2 N–H and O–H groups in total. The van der Waals surface area contributed by atoms with Crippen molar-refractivity contribution in [2.75, 3.05) is 38.2 Å². The molecule has 0 bridgehead atoms. The van der Waals surface area contributed by atoms with E-state index in [4.69, 9.17) is 9.47 Å². The first-order valence-corrected chi connectivity index (χ1v) is 9.58. The van der Waals surface area contributed by atoms with Gasteiger partial charge >= 0.3 is 0 Å². The minimum absolute atomic E-state index is 0.409. The van der Waals surface area contributed by atoms with E-state index < -0.39 is 6.10 Å². The van der Waals surface area contributed by atoms with Gasteiger partial charge in [-0.25, -0.2) is 4.98 Å². The van der Waals surface area contributed by atoms with E-state index >= 15 is 0 Å². The molecule has 0 spiro atoms. The summed E-state index contributed by atoms with van der Waals surface area (Å²) in [6.45, 7) is 4.15. The number of nitrogens with one attached hydrogen (secondary N) is 1. The zero-order chi connectivity index (χ0) is 19.9. The molecule has 9 heteroatoms. The van der Waals surface area contributed by atoms with Crippen LogP contribution < -0.4 is 10.1 Å². The third-order valence-corrected chi connectivity index (χ3v) is 4.46. The molecule has 4 rings (SSSR count). The Morgan fingerprint density at radius 2 is 1.97 bits per heavy atom. The van der Waals surface area contributed by atoms with E-state index in [0.29, 0.717) is 30.7 Å². The fraction of sp³-hybridized carbons (Fsp3) is 0.350. The van der Waals surface area contributed by atoms with Crippen LogP contribution in [0.2, 0.25) is 0 Å². The quantitative estimate of drug-likeness (QED) is 0.596. The molecule has 1 aromatic carbocycles. The van der Waals surface area contributed by atoms with Gasteiger partial charge in [0, 0.05) is 38.1 Å². The van der Waals surface area contributed by atoms with Crippen molar-refractivity contribution in [3.8, 4) is 11.6 Å². The molecular weight excluding hydrogens is 372 g/mol. The third-order valence-electron chi connectivity index (χ3n) is 4.46. The molecule has 3 aromatic rings. The van der Waals surface area contributed by atoms with Crippen molar-refractivity contribution in [3.05, 3.63) is 55.0 Å². The fourth-order valence-corrected chi connectivity index (χ4v) is 3.08. The lowest BCUT2D eigenvalue weighted by Gasteiger charge is -2.28. The number of hydrogen-bond acceptors (Lipinski definition) is 8. The van der Waals surface area contributed by atoms with E-state index in [9.17, 15) is 5.11 Å². The van der Waals surface area contributed by atoms with Crippen LogP contribution in [-0.4, -0.2) is 68.7 Å². The molecule has 9 nitrogen and oxygen atoms in total. The van der Waals surface area contributed by atoms with Gasteiger partial charge in [-0.15, -0.1) is 0 Å². The highest BCUT2D eigenvalue weighted by molar-refractivity contribution is 5.50. The average Bonchev–Trinajstić information content (AvgIpc) is 3.16. The molecule has 0 saturated carbocycles. The summed E-state index contributed by atoms with van der Waals surface area (Å²) in [6.07, 6.45) is 4.62. The number of β-amino-alcohol motifs (C(OH)–C–C–N with tert-alkyl or cyclic N) is 1. The fourth-order valence-electron chi connectivity index (χ4n) is 3.08. The van der Waals surface area contributed by atoms with Gasteiger partial charge in [0.25, 0.3) is 0 Å². The van der Waals surface area contributed by atoms with Crippen molar-refractivity contribution >= 4 is 11.6 Å². The van der Waals surface area contributed by atoms with Crippen LogP contribution in [0, 0.1) is 0 Å². The number of aliphatic hydroxyl groups excluding tert-OH is 1. The highest BCUT2D eigenvalue weighted by Crippen LogP contribution is 2.20. The van der Waals surface area contributed by atoms with Gasteiger partial charge in [0.2, 0.25) is 11.8 Å². The van der Waals surface area contributed by atoms with Crippen LogP contribution in [0.15, 0.2) is 55.0 Å². The first-order chi connectivity index (χ1) is 14.2. The molecular formula is C20H24N6O3. The van der Waals surface area contributed by atoms with Crippen molar-refractivity contribution in [1.82, 2.24) is 24.6 Å². The number of anilines is 2. The van der Waals surface area contributed by atoms with Gasteiger partial charge in [-0.05, 0) is 12.1 Å². The van der Waals surface area contributed by atoms with Crippen LogP contribution in [0.4, 0.5) is 11.6 Å². The van der Waals surface area contributed by atoms with E-state index in [1.54, 1.807) is 23.1 Å². The Bertz CT molecular complexity index is 898. The van der Waals surface area contributed by atoms with Gasteiger partial charge in [-0.1, -0.05) is 18.2 Å². The van der Waals surface area contributed by atoms with E-state index in [-0.39, 0.29) is 0 Å². The molecule has 1 unspecified atom stereocenters. The summed E-state index contributed by atoms with van der Waals surface area (Å²) in [5, 5.41) is 17.7. The Labute approximate surface area is 168 Å². The smallest absolute Gasteiger partial charge is 0.230 e. The Hall–Kier alpha value is -3.01. The van der Waals surface area contributed by atoms with Gasteiger partial charge in [0.15, 0.2) is 0 Å². The first-order valence-electron chi connectivity index (χ1n) is 9.58. The number of morpholine rings is 1. The second-order valence-corrected chi connectivity index (χ2v) is 6.78. The molecule has 0 aliphatic carbocycles. The number of rotatable bonds is 8. The van der Waals surface area contributed by atoms with Crippen LogP contribution in [0.25, 0.3) is 0 Å². The predicted molar refractivity (Wildman–Crippen MR) is 107 cm³/mol. The first kappa shape index (κ1) is 19.3. The molecule has 1 aliphatic heterocycles. The molecule has 2 aromatic heterocycles. The Kier molecular flexibility index (Phi) is 6.30. The summed E-state index contributed by atoms with van der Waals surface area (Å²) in [5.41, 5.74) is 0.737. The normalized spacial score (nSPS) is 15.8. The highest BCUT2D eigenvalue weighted by atomic mass is 16.5. The molecule has 0 radical (unpaired) electrons. The monoisotopic (exact) mass is 396 g/mol. The van der Waals surface area contributed by atoms with E-state index in [0.717, 1.165) is 32.0 Å². The maximum Gasteiger partial charge on any atom is 0.230 e. The summed E-state index contributed by atoms with van der Waals surface area (Å²) < 4.78 is 12.8. The van der Waals surface area contributed by atoms with Gasteiger partial charge in [0.1, 0.15) is 5.75 Å². The van der Waals surface area contributed by atoms with Gasteiger partial charge in [-0.3, -0.25) is 9.58 Å². The minimum atomic E-state index is -0.500. The van der Waals surface area contributed by atoms with Crippen LogP contribution in [0.3, 0.4) is 0 Å². The number of benzene rings is 1. The second-order valence-electron chi connectivity index (χ2n) is 6.78. The Morgan fingerprint density at radius 3 is 2.79 bits per heavy atom. The summed E-state index contributed by atoms with van der Waals surface area (Å²) in [6, 6.07) is 11.1. The summed E-state index contributed by atoms with van der Waals surface area (Å²) in [7, 11) is 0. The maximum absolute atomic E-state index is 10.3. The molecule has 29 heavy (non-hydrogen) atoms.